The van der Waals surface area contributed by atoms with E-state index in [0.717, 1.165) is 4.90 Å². The van der Waals surface area contributed by atoms with Crippen LogP contribution in [0.15, 0.2) is 30.3 Å². The zero-order valence-corrected chi connectivity index (χ0v) is 10.4. The first kappa shape index (κ1) is 13.5. The molecule has 1 aromatic heterocycles. The first-order valence-corrected chi connectivity index (χ1v) is 5.71. The standard InChI is InChI=1S/C11H12N6O3/c18-10(19)7-17(8-4-2-1-3-5-8)11(20)12-6-9-13-15-16-14-9/h1-5H,6-7H2,(H,12,20)(H,18,19)(H,13,14,15,16). The van der Waals surface area contributed by atoms with Gasteiger partial charge in [0, 0.05) is 5.69 Å². The molecule has 0 unspecified atom stereocenters. The lowest BCUT2D eigenvalue weighted by molar-refractivity contribution is -0.135. The molecule has 2 aromatic rings. The molecule has 0 aliphatic rings. The Bertz CT molecular complexity index is 571. The first-order chi connectivity index (χ1) is 9.66. The number of anilines is 1. The van der Waals surface area contributed by atoms with Gasteiger partial charge in [0.2, 0.25) is 0 Å². The number of aliphatic carboxylic acids is 1. The van der Waals surface area contributed by atoms with Gasteiger partial charge in [0.15, 0.2) is 5.82 Å². The van der Waals surface area contributed by atoms with E-state index in [0.29, 0.717) is 11.5 Å². The van der Waals surface area contributed by atoms with Crippen molar-refractivity contribution in [2.45, 2.75) is 6.54 Å². The summed E-state index contributed by atoms with van der Waals surface area (Å²) in [4.78, 5) is 24.0. The molecule has 2 rings (SSSR count). The average molecular weight is 276 g/mol. The van der Waals surface area contributed by atoms with Gasteiger partial charge >= 0.3 is 12.0 Å². The van der Waals surface area contributed by atoms with E-state index in [4.69, 9.17) is 5.11 Å². The molecule has 1 aromatic carbocycles. The molecule has 0 aliphatic heterocycles. The molecule has 0 saturated carbocycles. The Morgan fingerprint density at radius 1 is 1.30 bits per heavy atom. The summed E-state index contributed by atoms with van der Waals surface area (Å²) < 4.78 is 0. The maximum absolute atomic E-state index is 12.0. The highest BCUT2D eigenvalue weighted by Gasteiger charge is 2.18. The number of benzene rings is 1. The Hall–Kier alpha value is -2.97. The summed E-state index contributed by atoms with van der Waals surface area (Å²) in [6.07, 6.45) is 0. The van der Waals surface area contributed by atoms with Gasteiger partial charge in [-0.2, -0.15) is 5.21 Å². The molecule has 0 saturated heterocycles. The molecule has 3 N–H and O–H groups in total. The number of hydrogen-bond acceptors (Lipinski definition) is 5. The van der Waals surface area contributed by atoms with Crippen LogP contribution in [0.3, 0.4) is 0 Å². The van der Waals surface area contributed by atoms with Crippen molar-refractivity contribution in [3.8, 4) is 0 Å². The van der Waals surface area contributed by atoms with E-state index in [1.165, 1.54) is 0 Å². The van der Waals surface area contributed by atoms with Crippen LogP contribution in [0, 0.1) is 0 Å². The minimum absolute atomic E-state index is 0.0539. The Balaban J connectivity index is 2.06. The molecule has 104 valence electrons. The lowest BCUT2D eigenvalue weighted by Gasteiger charge is -2.20. The fourth-order valence-electron chi connectivity index (χ4n) is 1.53. The number of tetrazole rings is 1. The smallest absolute Gasteiger partial charge is 0.323 e. The SMILES string of the molecule is O=C(O)CN(C(=O)NCc1nn[nH]n1)c1ccccc1. The molecule has 0 radical (unpaired) electrons. The minimum atomic E-state index is -1.11. The van der Waals surface area contributed by atoms with E-state index in [1.54, 1.807) is 30.3 Å². The van der Waals surface area contributed by atoms with Crippen LogP contribution in [0.5, 0.6) is 0 Å². The van der Waals surface area contributed by atoms with Gasteiger partial charge in [-0.1, -0.05) is 23.4 Å². The summed E-state index contributed by atoms with van der Waals surface area (Å²) in [6, 6.07) is 7.96. The molecular weight excluding hydrogens is 264 g/mol. The number of carboxylic acids is 1. The van der Waals surface area contributed by atoms with Crippen molar-refractivity contribution >= 4 is 17.7 Å². The molecule has 0 spiro atoms. The van der Waals surface area contributed by atoms with Gasteiger partial charge in [-0.15, -0.1) is 10.2 Å². The second-order valence-corrected chi connectivity index (χ2v) is 3.80. The number of carbonyl (C=O) groups excluding carboxylic acids is 1. The highest BCUT2D eigenvalue weighted by atomic mass is 16.4. The molecule has 1 heterocycles. The minimum Gasteiger partial charge on any atom is -0.480 e. The fourth-order valence-corrected chi connectivity index (χ4v) is 1.53. The van der Waals surface area contributed by atoms with Crippen LogP contribution in [0.25, 0.3) is 0 Å². The van der Waals surface area contributed by atoms with Gasteiger partial charge in [0.1, 0.15) is 6.54 Å². The third kappa shape index (κ3) is 3.51. The summed E-state index contributed by atoms with van der Waals surface area (Å²) >= 11 is 0. The van der Waals surface area contributed by atoms with E-state index in [9.17, 15) is 9.59 Å². The van der Waals surface area contributed by atoms with Crippen molar-refractivity contribution in [2.24, 2.45) is 0 Å². The van der Waals surface area contributed by atoms with E-state index in [2.05, 4.69) is 25.9 Å². The van der Waals surface area contributed by atoms with Gasteiger partial charge in [-0.3, -0.25) is 9.69 Å². The van der Waals surface area contributed by atoms with E-state index < -0.39 is 18.5 Å². The molecule has 0 aliphatic carbocycles. The summed E-state index contributed by atoms with van der Waals surface area (Å²) in [5.41, 5.74) is 0.487. The number of nitrogens with one attached hydrogen (secondary N) is 2. The van der Waals surface area contributed by atoms with Crippen LogP contribution in [0.2, 0.25) is 0 Å². The normalized spacial score (nSPS) is 10.0. The quantitative estimate of drug-likeness (QED) is 0.706. The van der Waals surface area contributed by atoms with Crippen LogP contribution >= 0.6 is 0 Å². The van der Waals surface area contributed by atoms with Crippen LogP contribution in [0.1, 0.15) is 5.82 Å². The van der Waals surface area contributed by atoms with Gasteiger partial charge in [-0.05, 0) is 12.1 Å². The van der Waals surface area contributed by atoms with Crippen molar-refractivity contribution in [1.29, 1.82) is 0 Å². The monoisotopic (exact) mass is 276 g/mol. The van der Waals surface area contributed by atoms with Crippen molar-refractivity contribution in [3.63, 3.8) is 0 Å². The largest absolute Gasteiger partial charge is 0.480 e. The molecule has 9 heteroatoms. The Labute approximate surface area is 113 Å². The zero-order chi connectivity index (χ0) is 14.4. The number of nitrogens with zero attached hydrogens (tertiary/aromatic N) is 4. The Kier molecular flexibility index (Phi) is 4.22. The number of rotatable bonds is 5. The second-order valence-electron chi connectivity index (χ2n) is 3.80. The van der Waals surface area contributed by atoms with Crippen molar-refractivity contribution in [2.75, 3.05) is 11.4 Å². The Morgan fingerprint density at radius 2 is 2.05 bits per heavy atom. The first-order valence-electron chi connectivity index (χ1n) is 5.71. The number of aromatic nitrogens is 4. The van der Waals surface area contributed by atoms with Crippen LogP contribution in [0.4, 0.5) is 10.5 Å². The third-order valence-corrected chi connectivity index (χ3v) is 2.39. The molecule has 20 heavy (non-hydrogen) atoms. The van der Waals surface area contributed by atoms with E-state index in [1.807, 2.05) is 0 Å². The number of H-pyrrole nitrogens is 1. The van der Waals surface area contributed by atoms with Crippen LogP contribution in [-0.4, -0.2) is 44.3 Å². The molecule has 0 atom stereocenters. The number of carbonyl (C=O) groups is 2. The van der Waals surface area contributed by atoms with Crippen molar-refractivity contribution in [1.82, 2.24) is 25.9 Å². The van der Waals surface area contributed by atoms with Crippen LogP contribution < -0.4 is 10.2 Å². The Morgan fingerprint density at radius 3 is 2.65 bits per heavy atom. The van der Waals surface area contributed by atoms with Gasteiger partial charge < -0.3 is 10.4 Å². The topological polar surface area (TPSA) is 124 Å². The average Bonchev–Trinajstić information content (AvgIpc) is 2.96. The lowest BCUT2D eigenvalue weighted by atomic mass is 10.3. The molecule has 0 fully saturated rings. The summed E-state index contributed by atoms with van der Waals surface area (Å²) in [6.45, 7) is -0.389. The van der Waals surface area contributed by atoms with Crippen molar-refractivity contribution < 1.29 is 14.7 Å². The molecular formula is C11H12N6O3. The predicted molar refractivity (Wildman–Crippen MR) is 67.8 cm³/mol. The summed E-state index contributed by atoms with van der Waals surface area (Å²) in [7, 11) is 0. The highest BCUT2D eigenvalue weighted by Crippen LogP contribution is 2.13. The number of hydrogen-bond donors (Lipinski definition) is 3. The van der Waals surface area contributed by atoms with Gasteiger partial charge in [0.05, 0.1) is 6.54 Å². The van der Waals surface area contributed by atoms with Crippen molar-refractivity contribution in [3.05, 3.63) is 36.2 Å². The number of aromatic amines is 1. The predicted octanol–water partition coefficient (Wildman–Crippen LogP) is 0.000500. The number of carboxylic acid groups (broad SMARTS) is 1. The molecule has 9 nitrogen and oxygen atoms in total. The number of amides is 2. The number of para-hydroxylation sites is 1. The third-order valence-electron chi connectivity index (χ3n) is 2.39. The lowest BCUT2D eigenvalue weighted by Crippen LogP contribution is -2.42. The number of urea groups is 1. The second kappa shape index (κ2) is 6.27. The molecule has 0 bridgehead atoms. The maximum atomic E-state index is 12.0. The van der Waals surface area contributed by atoms with E-state index >= 15 is 0 Å². The summed E-state index contributed by atoms with van der Waals surface area (Å²) in [5.74, 6) is -0.801. The molecule has 2 amide bonds. The van der Waals surface area contributed by atoms with Gasteiger partial charge in [0.25, 0.3) is 0 Å². The van der Waals surface area contributed by atoms with Gasteiger partial charge in [-0.25, -0.2) is 4.79 Å². The maximum Gasteiger partial charge on any atom is 0.323 e. The fraction of sp³-hybridized carbons (Fsp3) is 0.182. The van der Waals surface area contributed by atoms with E-state index in [-0.39, 0.29) is 6.54 Å². The summed E-state index contributed by atoms with van der Waals surface area (Å²) in [5, 5.41) is 24.4. The van der Waals surface area contributed by atoms with Crippen LogP contribution in [-0.2, 0) is 11.3 Å². The highest BCUT2D eigenvalue weighted by molar-refractivity contribution is 5.96. The zero-order valence-electron chi connectivity index (χ0n) is 10.4.